The molecule has 1 saturated heterocycles. The fraction of sp³-hybridized carbons (Fsp3) is 0.696. The number of nitrogens with zero attached hydrogens (tertiary/aromatic N) is 2. The van der Waals surface area contributed by atoms with Gasteiger partial charge in [-0.05, 0) is 37.3 Å². The number of morpholine rings is 1. The lowest BCUT2D eigenvalue weighted by atomic mass is 10.1. The molecule has 0 amide bonds. The van der Waals surface area contributed by atoms with Crippen molar-refractivity contribution >= 4 is 5.96 Å². The normalized spacial score (nSPS) is 20.8. The van der Waals surface area contributed by atoms with Gasteiger partial charge in [-0.15, -0.1) is 0 Å². The SMILES string of the molecule is CN=C(NCCCOCC(C)C)NCc1ccccc1CN1CC(C)OC(C)C1. The molecule has 1 aromatic carbocycles. The zero-order valence-corrected chi connectivity index (χ0v) is 18.9. The highest BCUT2D eigenvalue weighted by atomic mass is 16.5. The fourth-order valence-corrected chi connectivity index (χ4v) is 3.64. The van der Waals surface area contributed by atoms with Crippen LogP contribution >= 0.6 is 0 Å². The van der Waals surface area contributed by atoms with Crippen molar-refractivity contribution in [2.45, 2.75) is 59.4 Å². The molecule has 0 saturated carbocycles. The molecule has 1 heterocycles. The van der Waals surface area contributed by atoms with Gasteiger partial charge in [-0.25, -0.2) is 0 Å². The molecule has 2 rings (SSSR count). The average molecular weight is 405 g/mol. The first-order valence-electron chi connectivity index (χ1n) is 10.9. The third-order valence-electron chi connectivity index (χ3n) is 4.89. The number of nitrogens with one attached hydrogen (secondary N) is 2. The molecule has 1 aliphatic rings. The van der Waals surface area contributed by atoms with Gasteiger partial charge in [-0.1, -0.05) is 38.1 Å². The molecule has 29 heavy (non-hydrogen) atoms. The molecule has 0 aromatic heterocycles. The zero-order valence-electron chi connectivity index (χ0n) is 18.9. The Bertz CT molecular complexity index is 611. The van der Waals surface area contributed by atoms with Gasteiger partial charge in [0.05, 0.1) is 12.2 Å². The summed E-state index contributed by atoms with van der Waals surface area (Å²) < 4.78 is 11.5. The number of ether oxygens (including phenoxy) is 2. The van der Waals surface area contributed by atoms with Crippen LogP contribution in [0, 0.1) is 5.92 Å². The number of guanidine groups is 1. The molecule has 2 unspecified atom stereocenters. The minimum Gasteiger partial charge on any atom is -0.381 e. The minimum absolute atomic E-state index is 0.289. The highest BCUT2D eigenvalue weighted by Crippen LogP contribution is 2.17. The standard InChI is InChI=1S/C23H40N4O2/c1-18(2)17-28-12-8-11-25-23(24-5)26-13-21-9-6-7-10-22(21)16-27-14-19(3)29-20(4)15-27/h6-7,9-10,18-20H,8,11-17H2,1-5H3,(H2,24,25,26). The Labute approximate surface area is 177 Å². The van der Waals surface area contributed by atoms with E-state index in [1.54, 1.807) is 0 Å². The van der Waals surface area contributed by atoms with Gasteiger partial charge in [0.1, 0.15) is 0 Å². The summed E-state index contributed by atoms with van der Waals surface area (Å²) in [5.41, 5.74) is 2.67. The average Bonchev–Trinajstić information content (AvgIpc) is 2.67. The second-order valence-corrected chi connectivity index (χ2v) is 8.39. The summed E-state index contributed by atoms with van der Waals surface area (Å²) in [6.45, 7) is 14.8. The molecule has 1 fully saturated rings. The van der Waals surface area contributed by atoms with Crippen LogP contribution in [0.2, 0.25) is 0 Å². The summed E-state index contributed by atoms with van der Waals surface area (Å²) in [5.74, 6) is 1.42. The maximum atomic E-state index is 5.86. The van der Waals surface area contributed by atoms with Gasteiger partial charge < -0.3 is 20.1 Å². The maximum absolute atomic E-state index is 5.86. The van der Waals surface area contributed by atoms with Crippen LogP contribution in [-0.2, 0) is 22.6 Å². The van der Waals surface area contributed by atoms with E-state index in [-0.39, 0.29) is 12.2 Å². The molecular weight excluding hydrogens is 364 g/mol. The summed E-state index contributed by atoms with van der Waals surface area (Å²) in [6.07, 6.45) is 1.55. The van der Waals surface area contributed by atoms with Crippen LogP contribution in [0.3, 0.4) is 0 Å². The molecule has 6 heteroatoms. The summed E-state index contributed by atoms with van der Waals surface area (Å²) >= 11 is 0. The third kappa shape index (κ3) is 9.15. The minimum atomic E-state index is 0.289. The third-order valence-corrected chi connectivity index (χ3v) is 4.89. The molecule has 2 atom stereocenters. The Kier molecular flexibility index (Phi) is 10.5. The van der Waals surface area contributed by atoms with Crippen molar-refractivity contribution in [1.82, 2.24) is 15.5 Å². The van der Waals surface area contributed by atoms with Gasteiger partial charge >= 0.3 is 0 Å². The van der Waals surface area contributed by atoms with Gasteiger partial charge in [-0.2, -0.15) is 0 Å². The molecule has 0 bridgehead atoms. The van der Waals surface area contributed by atoms with Crippen LogP contribution in [0.15, 0.2) is 29.3 Å². The zero-order chi connectivity index (χ0) is 21.1. The molecular formula is C23H40N4O2. The second kappa shape index (κ2) is 12.8. The molecule has 164 valence electrons. The van der Waals surface area contributed by atoms with E-state index in [0.29, 0.717) is 5.92 Å². The Hall–Kier alpha value is -1.63. The summed E-state index contributed by atoms with van der Waals surface area (Å²) in [4.78, 5) is 6.83. The van der Waals surface area contributed by atoms with Crippen molar-refractivity contribution in [1.29, 1.82) is 0 Å². The number of benzene rings is 1. The highest BCUT2D eigenvalue weighted by molar-refractivity contribution is 5.79. The van der Waals surface area contributed by atoms with Crippen molar-refractivity contribution in [2.75, 3.05) is 39.9 Å². The van der Waals surface area contributed by atoms with E-state index in [2.05, 4.69) is 72.5 Å². The molecule has 6 nitrogen and oxygen atoms in total. The van der Waals surface area contributed by atoms with E-state index < -0.39 is 0 Å². The van der Waals surface area contributed by atoms with Crippen LogP contribution in [-0.4, -0.2) is 63.0 Å². The topological polar surface area (TPSA) is 58.1 Å². The molecule has 2 N–H and O–H groups in total. The van der Waals surface area contributed by atoms with E-state index in [1.807, 2.05) is 7.05 Å². The van der Waals surface area contributed by atoms with E-state index in [1.165, 1.54) is 11.1 Å². The predicted molar refractivity (Wildman–Crippen MR) is 120 cm³/mol. The molecule has 1 aromatic rings. The van der Waals surface area contributed by atoms with Crippen molar-refractivity contribution in [3.63, 3.8) is 0 Å². The van der Waals surface area contributed by atoms with Crippen LogP contribution < -0.4 is 10.6 Å². The van der Waals surface area contributed by atoms with E-state index in [4.69, 9.17) is 9.47 Å². The van der Waals surface area contributed by atoms with Crippen molar-refractivity contribution in [3.05, 3.63) is 35.4 Å². The highest BCUT2D eigenvalue weighted by Gasteiger charge is 2.22. The first-order chi connectivity index (χ1) is 14.0. The number of aliphatic imine (C=N–C) groups is 1. The first-order valence-corrected chi connectivity index (χ1v) is 10.9. The van der Waals surface area contributed by atoms with Crippen molar-refractivity contribution in [3.8, 4) is 0 Å². The lowest BCUT2D eigenvalue weighted by Gasteiger charge is -2.35. The van der Waals surface area contributed by atoms with Crippen LogP contribution in [0.5, 0.6) is 0 Å². The fourth-order valence-electron chi connectivity index (χ4n) is 3.64. The van der Waals surface area contributed by atoms with Crippen molar-refractivity contribution in [2.24, 2.45) is 10.9 Å². The monoisotopic (exact) mass is 404 g/mol. The number of rotatable bonds is 10. The molecule has 0 aliphatic carbocycles. The van der Waals surface area contributed by atoms with Gasteiger partial charge in [-0.3, -0.25) is 9.89 Å². The van der Waals surface area contributed by atoms with Crippen LogP contribution in [0.1, 0.15) is 45.2 Å². The molecule has 0 spiro atoms. The maximum Gasteiger partial charge on any atom is 0.191 e. The van der Waals surface area contributed by atoms with Crippen LogP contribution in [0.25, 0.3) is 0 Å². The molecule has 1 aliphatic heterocycles. The smallest absolute Gasteiger partial charge is 0.191 e. The summed E-state index contributed by atoms with van der Waals surface area (Å²) in [7, 11) is 1.81. The van der Waals surface area contributed by atoms with Gasteiger partial charge in [0.25, 0.3) is 0 Å². The lowest BCUT2D eigenvalue weighted by Crippen LogP contribution is -2.45. The Balaban J connectivity index is 1.79. The van der Waals surface area contributed by atoms with Gasteiger partial charge in [0.2, 0.25) is 0 Å². The number of hydrogen-bond donors (Lipinski definition) is 2. The lowest BCUT2D eigenvalue weighted by molar-refractivity contribution is -0.0705. The second-order valence-electron chi connectivity index (χ2n) is 8.39. The Morgan fingerprint density at radius 3 is 2.52 bits per heavy atom. The Morgan fingerprint density at radius 1 is 1.17 bits per heavy atom. The Morgan fingerprint density at radius 2 is 1.86 bits per heavy atom. The van der Waals surface area contributed by atoms with E-state index in [9.17, 15) is 0 Å². The summed E-state index contributed by atoms with van der Waals surface area (Å²) in [5, 5.41) is 6.82. The van der Waals surface area contributed by atoms with Gasteiger partial charge in [0.15, 0.2) is 5.96 Å². The van der Waals surface area contributed by atoms with E-state index in [0.717, 1.165) is 58.3 Å². The van der Waals surface area contributed by atoms with E-state index >= 15 is 0 Å². The number of hydrogen-bond acceptors (Lipinski definition) is 4. The quantitative estimate of drug-likeness (QED) is 0.357. The van der Waals surface area contributed by atoms with Crippen LogP contribution in [0.4, 0.5) is 0 Å². The molecule has 0 radical (unpaired) electrons. The largest absolute Gasteiger partial charge is 0.381 e. The first kappa shape index (κ1) is 23.6. The summed E-state index contributed by atoms with van der Waals surface area (Å²) in [6, 6.07) is 8.65. The predicted octanol–water partition coefficient (Wildman–Crippen LogP) is 3.02. The van der Waals surface area contributed by atoms with Gasteiger partial charge in [0, 0.05) is 53.0 Å². The van der Waals surface area contributed by atoms with Crippen molar-refractivity contribution < 1.29 is 9.47 Å².